The summed E-state index contributed by atoms with van der Waals surface area (Å²) in [5.74, 6) is 0.483. The lowest BCUT2D eigenvalue weighted by Gasteiger charge is -1.94. The summed E-state index contributed by atoms with van der Waals surface area (Å²) in [5.41, 5.74) is 1.72. The van der Waals surface area contributed by atoms with Crippen LogP contribution >= 0.6 is 11.6 Å². The molecule has 0 saturated carbocycles. The van der Waals surface area contributed by atoms with Crippen molar-refractivity contribution in [1.82, 2.24) is 20.2 Å². The summed E-state index contributed by atoms with van der Waals surface area (Å²) >= 11 is 5.74. The lowest BCUT2D eigenvalue weighted by molar-refractivity contribution is 0.987. The topological polar surface area (TPSA) is 74.4 Å². The number of halogens is 1. The summed E-state index contributed by atoms with van der Waals surface area (Å²) in [7, 11) is 0. The van der Waals surface area contributed by atoms with Gasteiger partial charge in [0, 0.05) is 0 Å². The molecule has 0 fully saturated rings. The highest BCUT2D eigenvalue weighted by atomic mass is 35.5. The highest BCUT2D eigenvalue weighted by Crippen LogP contribution is 2.18. The molecule has 0 atom stereocenters. The van der Waals surface area contributed by atoms with Crippen LogP contribution in [0.5, 0.6) is 0 Å². The van der Waals surface area contributed by atoms with E-state index in [1.54, 1.807) is 0 Å². The summed E-state index contributed by atoms with van der Waals surface area (Å²) < 4.78 is 0. The Kier molecular flexibility index (Phi) is 2.19. The van der Waals surface area contributed by atoms with Crippen LogP contribution in [0.15, 0.2) is 35.1 Å². The third-order valence-electron chi connectivity index (χ3n) is 2.42. The number of aromatic nitrogens is 4. The average molecular weight is 247 g/mol. The number of imidazole rings is 1. The van der Waals surface area contributed by atoms with Gasteiger partial charge in [0.05, 0.1) is 16.6 Å². The number of para-hydroxylation sites is 2. The molecular formula is C11H7ClN4O. The highest BCUT2D eigenvalue weighted by molar-refractivity contribution is 6.29. The monoisotopic (exact) mass is 246 g/mol. The van der Waals surface area contributed by atoms with Crippen LogP contribution in [0.2, 0.25) is 5.15 Å². The molecule has 2 aromatic heterocycles. The fourth-order valence-electron chi connectivity index (χ4n) is 1.64. The number of hydrogen-bond acceptors (Lipinski definition) is 3. The zero-order valence-corrected chi connectivity index (χ0v) is 9.32. The second-order valence-corrected chi connectivity index (χ2v) is 3.92. The van der Waals surface area contributed by atoms with E-state index in [0.29, 0.717) is 11.4 Å². The maximum Gasteiger partial charge on any atom is 0.275 e. The van der Waals surface area contributed by atoms with Crippen molar-refractivity contribution in [3.63, 3.8) is 0 Å². The van der Waals surface area contributed by atoms with Crippen molar-refractivity contribution in [1.29, 1.82) is 0 Å². The molecular weight excluding hydrogens is 240 g/mol. The van der Waals surface area contributed by atoms with Crippen molar-refractivity contribution in [3.05, 3.63) is 45.8 Å². The maximum atomic E-state index is 11.6. The molecule has 0 aliphatic rings. The molecule has 0 amide bonds. The molecule has 2 N–H and O–H groups in total. The van der Waals surface area contributed by atoms with Gasteiger partial charge in [-0.15, -0.1) is 0 Å². The Morgan fingerprint density at radius 1 is 1.24 bits per heavy atom. The van der Waals surface area contributed by atoms with Gasteiger partial charge in [0.25, 0.3) is 5.56 Å². The average Bonchev–Trinajstić information content (AvgIpc) is 2.75. The fraction of sp³-hybridized carbons (Fsp3) is 0. The third-order valence-corrected chi connectivity index (χ3v) is 2.61. The molecule has 5 nitrogen and oxygen atoms in total. The van der Waals surface area contributed by atoms with Crippen LogP contribution in [0.25, 0.3) is 22.4 Å². The van der Waals surface area contributed by atoms with Crippen LogP contribution in [0.4, 0.5) is 0 Å². The lowest BCUT2D eigenvalue weighted by atomic mass is 10.3. The molecule has 0 radical (unpaired) electrons. The van der Waals surface area contributed by atoms with Crippen LogP contribution in [0.1, 0.15) is 0 Å². The van der Waals surface area contributed by atoms with Gasteiger partial charge in [0.15, 0.2) is 0 Å². The number of benzene rings is 1. The van der Waals surface area contributed by atoms with Crippen molar-refractivity contribution < 1.29 is 0 Å². The first-order chi connectivity index (χ1) is 8.24. The van der Waals surface area contributed by atoms with Gasteiger partial charge in [-0.1, -0.05) is 23.7 Å². The second-order valence-electron chi connectivity index (χ2n) is 3.54. The largest absolute Gasteiger partial charge is 0.338 e. The van der Waals surface area contributed by atoms with Crippen LogP contribution in [0, 0.1) is 0 Å². The second kappa shape index (κ2) is 3.71. The summed E-state index contributed by atoms with van der Waals surface area (Å²) in [6.45, 7) is 0. The Morgan fingerprint density at radius 3 is 2.88 bits per heavy atom. The molecule has 6 heteroatoms. The van der Waals surface area contributed by atoms with Gasteiger partial charge in [-0.3, -0.25) is 4.79 Å². The molecule has 0 aliphatic carbocycles. The van der Waals surface area contributed by atoms with Crippen molar-refractivity contribution in [2.45, 2.75) is 0 Å². The summed E-state index contributed by atoms with van der Waals surface area (Å²) in [4.78, 5) is 19.0. The van der Waals surface area contributed by atoms with E-state index in [-0.39, 0.29) is 10.7 Å². The molecule has 0 bridgehead atoms. The first kappa shape index (κ1) is 10.0. The molecule has 0 saturated heterocycles. The Morgan fingerprint density at radius 2 is 2.06 bits per heavy atom. The van der Waals surface area contributed by atoms with Gasteiger partial charge in [0.1, 0.15) is 11.0 Å². The lowest BCUT2D eigenvalue weighted by Crippen LogP contribution is -2.11. The normalized spacial score (nSPS) is 10.9. The van der Waals surface area contributed by atoms with Crippen LogP contribution < -0.4 is 5.56 Å². The maximum absolute atomic E-state index is 11.6. The molecule has 2 heterocycles. The fourth-order valence-corrected chi connectivity index (χ4v) is 1.79. The molecule has 0 unspecified atom stereocenters. The molecule has 3 aromatic rings. The molecule has 84 valence electrons. The van der Waals surface area contributed by atoms with Gasteiger partial charge in [0.2, 0.25) is 0 Å². The summed E-state index contributed by atoms with van der Waals surface area (Å²) in [5, 5.41) is 6.14. The predicted molar refractivity (Wildman–Crippen MR) is 65.0 cm³/mol. The number of nitrogens with one attached hydrogen (secondary N) is 2. The van der Waals surface area contributed by atoms with E-state index in [1.165, 1.54) is 6.07 Å². The van der Waals surface area contributed by atoms with Crippen LogP contribution in [-0.4, -0.2) is 20.2 Å². The standard InChI is InChI=1S/C11H7ClN4O/c12-9-5-6(11(17)16-15-9)10-13-7-3-1-2-4-8(7)14-10/h1-5H,(H,13,14)(H,16,17). The quantitative estimate of drug-likeness (QED) is 0.689. The number of fused-ring (bicyclic) bond motifs is 1. The number of nitrogens with zero attached hydrogens (tertiary/aromatic N) is 2. The van der Waals surface area contributed by atoms with E-state index < -0.39 is 0 Å². The Labute approximate surface area is 100 Å². The zero-order chi connectivity index (χ0) is 11.8. The zero-order valence-electron chi connectivity index (χ0n) is 8.57. The minimum Gasteiger partial charge on any atom is -0.338 e. The van der Waals surface area contributed by atoms with E-state index in [2.05, 4.69) is 20.2 Å². The Balaban J connectivity index is 2.27. The molecule has 3 rings (SSSR count). The number of H-pyrrole nitrogens is 2. The van der Waals surface area contributed by atoms with Crippen molar-refractivity contribution in [2.75, 3.05) is 0 Å². The number of rotatable bonds is 1. The minimum atomic E-state index is -0.326. The van der Waals surface area contributed by atoms with Crippen LogP contribution in [-0.2, 0) is 0 Å². The first-order valence-corrected chi connectivity index (χ1v) is 5.32. The highest BCUT2D eigenvalue weighted by Gasteiger charge is 2.09. The summed E-state index contributed by atoms with van der Waals surface area (Å²) in [6, 6.07) is 9.03. The molecule has 0 spiro atoms. The van der Waals surface area contributed by atoms with Gasteiger partial charge in [-0.2, -0.15) is 5.10 Å². The number of aromatic amines is 2. The van der Waals surface area contributed by atoms with E-state index >= 15 is 0 Å². The third kappa shape index (κ3) is 1.70. The molecule has 0 aliphatic heterocycles. The van der Waals surface area contributed by atoms with Gasteiger partial charge < -0.3 is 4.98 Å². The van der Waals surface area contributed by atoms with E-state index in [1.807, 2.05) is 24.3 Å². The molecule has 1 aromatic carbocycles. The van der Waals surface area contributed by atoms with E-state index in [4.69, 9.17) is 11.6 Å². The minimum absolute atomic E-state index is 0.222. The van der Waals surface area contributed by atoms with Gasteiger partial charge in [-0.05, 0) is 18.2 Å². The van der Waals surface area contributed by atoms with Gasteiger partial charge >= 0.3 is 0 Å². The van der Waals surface area contributed by atoms with Gasteiger partial charge in [-0.25, -0.2) is 10.1 Å². The van der Waals surface area contributed by atoms with E-state index in [9.17, 15) is 4.79 Å². The Bertz CT molecular complexity index is 713. The predicted octanol–water partition coefficient (Wildman–Crippen LogP) is 1.97. The summed E-state index contributed by atoms with van der Waals surface area (Å²) in [6.07, 6.45) is 0. The SMILES string of the molecule is O=c1[nH]nc(Cl)cc1-c1nc2ccccc2[nH]1. The Hall–Kier alpha value is -2.14. The first-order valence-electron chi connectivity index (χ1n) is 4.94. The number of hydrogen-bond donors (Lipinski definition) is 2. The molecule has 17 heavy (non-hydrogen) atoms. The van der Waals surface area contributed by atoms with Crippen molar-refractivity contribution >= 4 is 22.6 Å². The van der Waals surface area contributed by atoms with Crippen molar-refractivity contribution in [3.8, 4) is 11.4 Å². The van der Waals surface area contributed by atoms with Crippen LogP contribution in [0.3, 0.4) is 0 Å². The van der Waals surface area contributed by atoms with Crippen molar-refractivity contribution in [2.24, 2.45) is 0 Å². The smallest absolute Gasteiger partial charge is 0.275 e. The van der Waals surface area contributed by atoms with E-state index in [0.717, 1.165) is 11.0 Å².